The molecule has 3 aromatic rings. The van der Waals surface area contributed by atoms with Crippen LogP contribution in [-0.2, 0) is 0 Å². The Kier molecular flexibility index (Phi) is 5.97. The molecule has 0 radical (unpaired) electrons. The first kappa shape index (κ1) is 18.5. The minimum Gasteiger partial charge on any atom is -0.268 e. The highest BCUT2D eigenvalue weighted by Gasteiger charge is 2.15. The summed E-state index contributed by atoms with van der Waals surface area (Å²) in [5.74, 6) is 0.798. The van der Waals surface area contributed by atoms with Gasteiger partial charge in [-0.2, -0.15) is 5.26 Å². The highest BCUT2D eigenvalue weighted by Crippen LogP contribution is 2.27. The number of nitriles is 1. The van der Waals surface area contributed by atoms with Crippen LogP contribution in [0, 0.1) is 18.3 Å². The molecule has 3 rings (SSSR count). The van der Waals surface area contributed by atoms with Gasteiger partial charge in [-0.25, -0.2) is 4.98 Å². The summed E-state index contributed by atoms with van der Waals surface area (Å²) >= 11 is 7.81. The number of unbranched alkanes of at least 4 members (excludes halogenated alkanes) is 2. The van der Waals surface area contributed by atoms with Gasteiger partial charge in [0, 0.05) is 17.2 Å². The summed E-state index contributed by atoms with van der Waals surface area (Å²) < 4.78 is 1.65. The smallest absolute Gasteiger partial charge is 0.266 e. The van der Waals surface area contributed by atoms with Crippen LogP contribution in [0.5, 0.6) is 0 Å². The lowest BCUT2D eigenvalue weighted by Crippen LogP contribution is -2.22. The number of rotatable bonds is 6. The van der Waals surface area contributed by atoms with Crippen molar-refractivity contribution in [1.82, 2.24) is 9.55 Å². The van der Waals surface area contributed by atoms with Gasteiger partial charge >= 0.3 is 0 Å². The van der Waals surface area contributed by atoms with Gasteiger partial charge in [0.15, 0.2) is 5.16 Å². The molecule has 6 heteroatoms. The van der Waals surface area contributed by atoms with Gasteiger partial charge in [0.25, 0.3) is 5.56 Å². The predicted molar refractivity (Wildman–Crippen MR) is 107 cm³/mol. The van der Waals surface area contributed by atoms with Crippen molar-refractivity contribution in [2.75, 3.05) is 5.75 Å². The zero-order chi connectivity index (χ0) is 18.5. The number of halogens is 1. The van der Waals surface area contributed by atoms with Gasteiger partial charge < -0.3 is 0 Å². The number of hydrogen-bond donors (Lipinski definition) is 0. The van der Waals surface area contributed by atoms with E-state index < -0.39 is 0 Å². The largest absolute Gasteiger partial charge is 0.268 e. The second-order valence-corrected chi connectivity index (χ2v) is 7.37. The number of thioether (sulfide) groups is 1. The molecule has 132 valence electrons. The quantitative estimate of drug-likeness (QED) is 0.336. The molecule has 0 N–H and O–H groups in total. The molecular formula is C20H18ClN3OS. The fourth-order valence-corrected chi connectivity index (χ4v) is 3.90. The molecule has 0 unspecified atom stereocenters. The van der Waals surface area contributed by atoms with Gasteiger partial charge in [-0.3, -0.25) is 9.36 Å². The molecule has 4 nitrogen and oxygen atoms in total. The zero-order valence-electron chi connectivity index (χ0n) is 14.4. The third-order valence-corrected chi connectivity index (χ3v) is 5.57. The maximum absolute atomic E-state index is 13.2. The number of aromatic nitrogens is 2. The van der Waals surface area contributed by atoms with E-state index in [1.165, 1.54) is 11.8 Å². The summed E-state index contributed by atoms with van der Waals surface area (Å²) in [6.07, 6.45) is 2.29. The Morgan fingerprint density at radius 2 is 2.00 bits per heavy atom. The standard InChI is InChI=1S/C20H18ClN3OS/c1-14-16(21)9-7-11-18(14)24-19(25)15-8-3-4-10-17(15)23-20(24)26-13-6-2-5-12-22/h3-4,7-11H,2,5-6,13H2,1H3. The third kappa shape index (κ3) is 3.77. The van der Waals surface area contributed by atoms with Gasteiger partial charge in [-0.1, -0.05) is 41.6 Å². The molecule has 0 aliphatic carbocycles. The summed E-state index contributed by atoms with van der Waals surface area (Å²) in [4.78, 5) is 17.9. The average Bonchev–Trinajstić information content (AvgIpc) is 2.65. The van der Waals surface area contributed by atoms with E-state index in [1.54, 1.807) is 10.6 Å². The molecule has 0 atom stereocenters. The minimum absolute atomic E-state index is 0.0968. The van der Waals surface area contributed by atoms with Crippen LogP contribution in [0.4, 0.5) is 0 Å². The van der Waals surface area contributed by atoms with Crippen LogP contribution >= 0.6 is 23.4 Å². The Labute approximate surface area is 161 Å². The van der Waals surface area contributed by atoms with Crippen LogP contribution in [-0.4, -0.2) is 15.3 Å². The lowest BCUT2D eigenvalue weighted by molar-refractivity contribution is 0.801. The van der Waals surface area contributed by atoms with E-state index in [9.17, 15) is 4.79 Å². The van der Waals surface area contributed by atoms with Crippen LogP contribution in [0.3, 0.4) is 0 Å². The molecule has 0 aliphatic rings. The first-order valence-electron chi connectivity index (χ1n) is 8.40. The highest BCUT2D eigenvalue weighted by atomic mass is 35.5. The monoisotopic (exact) mass is 383 g/mol. The first-order chi connectivity index (χ1) is 12.6. The summed E-state index contributed by atoms with van der Waals surface area (Å²) in [7, 11) is 0. The van der Waals surface area contributed by atoms with Gasteiger partial charge in [-0.15, -0.1) is 0 Å². The molecule has 2 aromatic carbocycles. The van der Waals surface area contributed by atoms with Gasteiger partial charge in [0.05, 0.1) is 22.7 Å². The van der Waals surface area contributed by atoms with Crippen molar-refractivity contribution in [3.05, 3.63) is 63.4 Å². The summed E-state index contributed by atoms with van der Waals surface area (Å²) in [5.41, 5.74) is 2.19. The van der Waals surface area contributed by atoms with Crippen LogP contribution < -0.4 is 5.56 Å². The molecule has 0 aliphatic heterocycles. The summed E-state index contributed by atoms with van der Waals surface area (Å²) in [5, 5.41) is 10.5. The van der Waals surface area contributed by atoms with Crippen molar-refractivity contribution in [2.45, 2.75) is 31.3 Å². The van der Waals surface area contributed by atoms with E-state index in [0.717, 1.165) is 29.8 Å². The lowest BCUT2D eigenvalue weighted by Gasteiger charge is -2.15. The molecular weight excluding hydrogens is 366 g/mol. The Hall–Kier alpha value is -2.29. The van der Waals surface area contributed by atoms with Crippen LogP contribution in [0.15, 0.2) is 52.4 Å². The van der Waals surface area contributed by atoms with E-state index in [1.807, 2.05) is 43.3 Å². The fourth-order valence-electron chi connectivity index (χ4n) is 2.73. The second kappa shape index (κ2) is 8.39. The van der Waals surface area contributed by atoms with E-state index in [4.69, 9.17) is 21.8 Å². The molecule has 0 saturated heterocycles. The van der Waals surface area contributed by atoms with Crippen molar-refractivity contribution < 1.29 is 0 Å². The van der Waals surface area contributed by atoms with Gasteiger partial charge in [0.1, 0.15) is 0 Å². The maximum Gasteiger partial charge on any atom is 0.266 e. The first-order valence-corrected chi connectivity index (χ1v) is 9.77. The Morgan fingerprint density at radius 1 is 1.19 bits per heavy atom. The third-order valence-electron chi connectivity index (χ3n) is 4.14. The van der Waals surface area contributed by atoms with Crippen molar-refractivity contribution in [3.8, 4) is 11.8 Å². The average molecular weight is 384 g/mol. The zero-order valence-corrected chi connectivity index (χ0v) is 16.0. The van der Waals surface area contributed by atoms with Gasteiger partial charge in [0.2, 0.25) is 0 Å². The Morgan fingerprint density at radius 3 is 2.81 bits per heavy atom. The molecule has 0 bridgehead atoms. The normalized spacial score (nSPS) is 10.8. The SMILES string of the molecule is Cc1c(Cl)cccc1-n1c(SCCCCC#N)nc2ccccc2c1=O. The maximum atomic E-state index is 13.2. The lowest BCUT2D eigenvalue weighted by atomic mass is 10.2. The van der Waals surface area contributed by atoms with E-state index >= 15 is 0 Å². The van der Waals surface area contributed by atoms with Crippen molar-refractivity contribution in [1.29, 1.82) is 5.26 Å². The number of fused-ring (bicyclic) bond motifs is 1. The second-order valence-electron chi connectivity index (χ2n) is 5.90. The Bertz CT molecular complexity index is 1040. The number of hydrogen-bond acceptors (Lipinski definition) is 4. The van der Waals surface area contributed by atoms with Crippen LogP contribution in [0.25, 0.3) is 16.6 Å². The summed E-state index contributed by atoms with van der Waals surface area (Å²) in [6, 6.07) is 15.1. The number of nitrogens with zero attached hydrogens (tertiary/aromatic N) is 3. The van der Waals surface area contributed by atoms with E-state index in [-0.39, 0.29) is 5.56 Å². The van der Waals surface area contributed by atoms with E-state index in [2.05, 4.69) is 6.07 Å². The molecule has 1 aromatic heterocycles. The summed E-state index contributed by atoms with van der Waals surface area (Å²) in [6.45, 7) is 1.90. The van der Waals surface area contributed by atoms with Crippen molar-refractivity contribution >= 4 is 34.3 Å². The molecule has 1 heterocycles. The van der Waals surface area contributed by atoms with Crippen LogP contribution in [0.1, 0.15) is 24.8 Å². The number of benzene rings is 2. The van der Waals surface area contributed by atoms with Crippen molar-refractivity contribution in [3.63, 3.8) is 0 Å². The van der Waals surface area contributed by atoms with E-state index in [0.29, 0.717) is 27.5 Å². The molecule has 0 spiro atoms. The minimum atomic E-state index is -0.0968. The topological polar surface area (TPSA) is 58.7 Å². The molecule has 0 fully saturated rings. The highest BCUT2D eigenvalue weighted by molar-refractivity contribution is 7.99. The van der Waals surface area contributed by atoms with Gasteiger partial charge in [-0.05, 0) is 49.6 Å². The molecule has 0 saturated carbocycles. The predicted octanol–water partition coefficient (Wildman–Crippen LogP) is 5.13. The molecule has 26 heavy (non-hydrogen) atoms. The van der Waals surface area contributed by atoms with Crippen LogP contribution in [0.2, 0.25) is 5.02 Å². The Balaban J connectivity index is 2.11. The van der Waals surface area contributed by atoms with Crippen molar-refractivity contribution in [2.24, 2.45) is 0 Å². The fraction of sp³-hybridized carbons (Fsp3) is 0.250. The molecule has 0 amide bonds. The number of para-hydroxylation sites is 1.